The van der Waals surface area contributed by atoms with Gasteiger partial charge in [-0.1, -0.05) is 12.1 Å². The van der Waals surface area contributed by atoms with Crippen molar-refractivity contribution in [3.05, 3.63) is 29.3 Å². The van der Waals surface area contributed by atoms with Gasteiger partial charge in [-0.2, -0.15) is 0 Å². The summed E-state index contributed by atoms with van der Waals surface area (Å²) in [5.74, 6) is 0.116. The molecule has 2 N–H and O–H groups in total. The Labute approximate surface area is 115 Å². The molecule has 1 aliphatic carbocycles. The fourth-order valence-corrected chi connectivity index (χ4v) is 3.04. The third-order valence-electron chi connectivity index (χ3n) is 3.55. The molecule has 100 valence electrons. The summed E-state index contributed by atoms with van der Waals surface area (Å²) in [4.78, 5) is 16.3. The summed E-state index contributed by atoms with van der Waals surface area (Å²) in [5, 5.41) is 13.4. The number of nitrogens with zero attached hydrogens (tertiary/aromatic N) is 1. The molecule has 1 aromatic carbocycles. The van der Waals surface area contributed by atoms with Crippen LogP contribution >= 0.6 is 11.3 Å². The minimum absolute atomic E-state index is 0.206. The molecule has 1 heterocycles. The van der Waals surface area contributed by atoms with E-state index in [-0.39, 0.29) is 12.5 Å². The monoisotopic (exact) mass is 276 g/mol. The van der Waals surface area contributed by atoms with Gasteiger partial charge in [0.15, 0.2) is 5.01 Å². The van der Waals surface area contributed by atoms with E-state index in [1.807, 2.05) is 24.3 Å². The second-order valence-corrected chi connectivity index (χ2v) is 6.33. The zero-order chi connectivity index (χ0) is 13.5. The highest BCUT2D eigenvalue weighted by Gasteiger charge is 2.40. The van der Waals surface area contributed by atoms with Crippen LogP contribution in [0.4, 0.5) is 0 Å². The molecule has 1 fully saturated rings. The van der Waals surface area contributed by atoms with Crippen molar-refractivity contribution in [1.29, 1.82) is 0 Å². The summed E-state index contributed by atoms with van der Waals surface area (Å²) >= 11 is 1.38. The fourth-order valence-electron chi connectivity index (χ4n) is 2.15. The average Bonchev–Trinajstić information content (AvgIpc) is 3.16. The minimum atomic E-state index is -0.799. The lowest BCUT2D eigenvalue weighted by molar-refractivity contribution is 0.0354. The number of aromatic nitrogens is 1. The molecule has 1 saturated carbocycles. The quantitative estimate of drug-likeness (QED) is 0.899. The van der Waals surface area contributed by atoms with E-state index in [1.54, 1.807) is 6.92 Å². The molecular formula is C14H16N2O2S. The molecule has 1 atom stereocenters. The van der Waals surface area contributed by atoms with Gasteiger partial charge >= 0.3 is 0 Å². The van der Waals surface area contributed by atoms with Gasteiger partial charge < -0.3 is 10.4 Å². The lowest BCUT2D eigenvalue weighted by Gasteiger charge is -2.22. The van der Waals surface area contributed by atoms with Crippen LogP contribution in [0.1, 0.15) is 29.6 Å². The third-order valence-corrected chi connectivity index (χ3v) is 4.59. The highest BCUT2D eigenvalue weighted by atomic mass is 32.1. The first kappa shape index (κ1) is 12.6. The molecule has 1 aromatic heterocycles. The molecule has 19 heavy (non-hydrogen) atoms. The summed E-state index contributed by atoms with van der Waals surface area (Å²) < 4.78 is 1.00. The smallest absolute Gasteiger partial charge is 0.280 e. The van der Waals surface area contributed by atoms with Crippen LogP contribution in [0.25, 0.3) is 10.2 Å². The highest BCUT2D eigenvalue weighted by Crippen LogP contribution is 2.39. The van der Waals surface area contributed by atoms with Gasteiger partial charge in [-0.05, 0) is 37.8 Å². The summed E-state index contributed by atoms with van der Waals surface area (Å²) in [5.41, 5.74) is 0.0402. The number of rotatable bonds is 4. The van der Waals surface area contributed by atoms with Crippen LogP contribution in [-0.2, 0) is 0 Å². The van der Waals surface area contributed by atoms with Gasteiger partial charge in [-0.25, -0.2) is 4.98 Å². The Morgan fingerprint density at radius 3 is 2.95 bits per heavy atom. The summed E-state index contributed by atoms with van der Waals surface area (Å²) in [6.45, 7) is 2.07. The van der Waals surface area contributed by atoms with Crippen molar-refractivity contribution < 1.29 is 9.90 Å². The number of hydrogen-bond acceptors (Lipinski definition) is 4. The summed E-state index contributed by atoms with van der Waals surface area (Å²) in [6, 6.07) is 7.68. The Morgan fingerprint density at radius 2 is 2.26 bits per heavy atom. The van der Waals surface area contributed by atoms with Gasteiger partial charge in [-0.3, -0.25) is 4.79 Å². The molecule has 0 unspecified atom stereocenters. The first-order chi connectivity index (χ1) is 9.06. The van der Waals surface area contributed by atoms with Gasteiger partial charge in [0.2, 0.25) is 0 Å². The van der Waals surface area contributed by atoms with Crippen molar-refractivity contribution in [1.82, 2.24) is 10.3 Å². The Hall–Kier alpha value is -1.46. The molecule has 2 aromatic rings. The topological polar surface area (TPSA) is 62.2 Å². The number of para-hydroxylation sites is 1. The van der Waals surface area contributed by atoms with Gasteiger partial charge in [0.05, 0.1) is 15.8 Å². The highest BCUT2D eigenvalue weighted by molar-refractivity contribution is 7.20. The number of carbonyl (C=O) groups is 1. The van der Waals surface area contributed by atoms with E-state index in [2.05, 4.69) is 10.3 Å². The molecule has 3 rings (SSSR count). The molecule has 5 heteroatoms. The second kappa shape index (κ2) is 4.58. The Balaban J connectivity index is 1.69. The van der Waals surface area contributed by atoms with Gasteiger partial charge in [0, 0.05) is 6.54 Å². The third kappa shape index (κ3) is 2.62. The summed E-state index contributed by atoms with van der Waals surface area (Å²) in [6.07, 6.45) is 2.09. The molecule has 1 aliphatic rings. The van der Waals surface area contributed by atoms with Crippen LogP contribution in [0.2, 0.25) is 0 Å². The van der Waals surface area contributed by atoms with E-state index in [0.717, 1.165) is 23.1 Å². The number of benzene rings is 1. The van der Waals surface area contributed by atoms with Gasteiger partial charge in [0.1, 0.15) is 0 Å². The molecule has 0 saturated heterocycles. The fraction of sp³-hybridized carbons (Fsp3) is 0.429. The van der Waals surface area contributed by atoms with Crippen LogP contribution in [-0.4, -0.2) is 28.1 Å². The molecule has 0 aliphatic heterocycles. The van der Waals surface area contributed by atoms with Crippen molar-refractivity contribution in [2.75, 3.05) is 6.54 Å². The van der Waals surface area contributed by atoms with Crippen LogP contribution in [0, 0.1) is 5.92 Å². The zero-order valence-electron chi connectivity index (χ0n) is 10.7. The maximum atomic E-state index is 12.0. The van der Waals surface area contributed by atoms with Crippen molar-refractivity contribution in [2.45, 2.75) is 25.4 Å². The van der Waals surface area contributed by atoms with Gasteiger partial charge in [0.25, 0.3) is 5.91 Å². The SMILES string of the molecule is C[C@](O)(CNC(=O)c1nc2ccccc2s1)C1CC1. The lowest BCUT2D eigenvalue weighted by Crippen LogP contribution is -2.42. The molecule has 0 bridgehead atoms. The Morgan fingerprint density at radius 1 is 1.53 bits per heavy atom. The number of amides is 1. The molecule has 4 nitrogen and oxygen atoms in total. The first-order valence-corrected chi connectivity index (χ1v) is 7.24. The minimum Gasteiger partial charge on any atom is -0.388 e. The molecule has 0 spiro atoms. The standard InChI is InChI=1S/C14H16N2O2S/c1-14(18,9-6-7-9)8-15-12(17)13-16-10-4-2-3-5-11(10)19-13/h2-5,9,18H,6-8H2,1H3,(H,15,17)/t14-/m0/s1. The first-order valence-electron chi connectivity index (χ1n) is 6.42. The maximum absolute atomic E-state index is 12.0. The van der Waals surface area contributed by atoms with Crippen molar-refractivity contribution >= 4 is 27.5 Å². The van der Waals surface area contributed by atoms with E-state index in [0.29, 0.717) is 10.9 Å². The number of hydrogen-bond donors (Lipinski definition) is 2. The van der Waals surface area contributed by atoms with E-state index >= 15 is 0 Å². The van der Waals surface area contributed by atoms with Crippen molar-refractivity contribution in [2.24, 2.45) is 5.92 Å². The van der Waals surface area contributed by atoms with E-state index in [1.165, 1.54) is 11.3 Å². The van der Waals surface area contributed by atoms with E-state index in [9.17, 15) is 9.90 Å². The van der Waals surface area contributed by atoms with Crippen molar-refractivity contribution in [3.63, 3.8) is 0 Å². The predicted octanol–water partition coefficient (Wildman–Crippen LogP) is 2.19. The average molecular weight is 276 g/mol. The number of aliphatic hydroxyl groups is 1. The molecule has 0 radical (unpaired) electrons. The predicted molar refractivity (Wildman–Crippen MR) is 75.3 cm³/mol. The number of thiazole rings is 1. The van der Waals surface area contributed by atoms with Crippen LogP contribution in [0.3, 0.4) is 0 Å². The normalized spacial score (nSPS) is 18.2. The van der Waals surface area contributed by atoms with Crippen LogP contribution < -0.4 is 5.32 Å². The van der Waals surface area contributed by atoms with Crippen molar-refractivity contribution in [3.8, 4) is 0 Å². The second-order valence-electron chi connectivity index (χ2n) is 5.30. The summed E-state index contributed by atoms with van der Waals surface area (Å²) in [7, 11) is 0. The van der Waals surface area contributed by atoms with Crippen LogP contribution in [0.15, 0.2) is 24.3 Å². The maximum Gasteiger partial charge on any atom is 0.280 e. The Bertz CT molecular complexity index is 584. The van der Waals surface area contributed by atoms with Gasteiger partial charge in [-0.15, -0.1) is 11.3 Å². The largest absolute Gasteiger partial charge is 0.388 e. The van der Waals surface area contributed by atoms with Crippen LogP contribution in [0.5, 0.6) is 0 Å². The number of nitrogens with one attached hydrogen (secondary N) is 1. The number of carbonyl (C=O) groups excluding carboxylic acids is 1. The lowest BCUT2D eigenvalue weighted by atomic mass is 10.0. The van der Waals surface area contributed by atoms with E-state index < -0.39 is 5.60 Å². The molecule has 1 amide bonds. The molecular weight excluding hydrogens is 260 g/mol. The Kier molecular flexibility index (Phi) is 3.03. The van der Waals surface area contributed by atoms with E-state index in [4.69, 9.17) is 0 Å². The zero-order valence-corrected chi connectivity index (χ0v) is 11.5. The number of fused-ring (bicyclic) bond motifs is 1.